The molecule has 0 spiro atoms. The molecule has 114 valence electrons. The molecule has 0 bridgehead atoms. The molecule has 0 unspecified atom stereocenters. The van der Waals surface area contributed by atoms with E-state index in [-0.39, 0.29) is 4.21 Å². The molecule has 0 amide bonds. The lowest BCUT2D eigenvalue weighted by atomic mass is 10.1. The first-order chi connectivity index (χ1) is 9.92. The van der Waals surface area contributed by atoms with Gasteiger partial charge in [0.15, 0.2) is 0 Å². The van der Waals surface area contributed by atoms with Crippen molar-refractivity contribution >= 4 is 48.9 Å². The van der Waals surface area contributed by atoms with Crippen molar-refractivity contribution in [2.24, 2.45) is 0 Å². The van der Waals surface area contributed by atoms with Crippen LogP contribution in [0.3, 0.4) is 0 Å². The summed E-state index contributed by atoms with van der Waals surface area (Å²) in [6, 6.07) is 8.95. The number of halogens is 2. The lowest BCUT2D eigenvalue weighted by molar-refractivity contribution is 0.414. The lowest BCUT2D eigenvalue weighted by Crippen LogP contribution is -2.25. The number of benzene rings is 1. The van der Waals surface area contributed by atoms with Crippen molar-refractivity contribution in [1.82, 2.24) is 4.72 Å². The second kappa shape index (κ2) is 7.11. The molecular formula is C13H13BrClNO3S2. The largest absolute Gasteiger partial charge is 0.497 e. The summed E-state index contributed by atoms with van der Waals surface area (Å²) in [6.45, 7) is 0.321. The van der Waals surface area contributed by atoms with E-state index < -0.39 is 10.0 Å². The molecule has 2 rings (SSSR count). The van der Waals surface area contributed by atoms with Gasteiger partial charge in [0.25, 0.3) is 0 Å². The number of rotatable bonds is 6. The van der Waals surface area contributed by atoms with E-state index in [9.17, 15) is 8.42 Å². The average Bonchev–Trinajstić information content (AvgIpc) is 2.80. The number of hydrogen-bond donors (Lipinski definition) is 1. The summed E-state index contributed by atoms with van der Waals surface area (Å²) < 4.78 is 32.6. The molecule has 21 heavy (non-hydrogen) atoms. The van der Waals surface area contributed by atoms with Gasteiger partial charge < -0.3 is 4.74 Å². The Labute approximate surface area is 141 Å². The van der Waals surface area contributed by atoms with E-state index in [0.29, 0.717) is 21.8 Å². The van der Waals surface area contributed by atoms with Crippen LogP contribution in [0.15, 0.2) is 38.3 Å². The summed E-state index contributed by atoms with van der Waals surface area (Å²) in [7, 11) is -1.91. The van der Waals surface area contributed by atoms with Gasteiger partial charge in [0, 0.05) is 6.54 Å². The minimum atomic E-state index is -3.52. The van der Waals surface area contributed by atoms with E-state index in [2.05, 4.69) is 20.7 Å². The molecule has 0 saturated carbocycles. The van der Waals surface area contributed by atoms with Crippen molar-refractivity contribution in [3.8, 4) is 5.75 Å². The minimum Gasteiger partial charge on any atom is -0.497 e. The molecule has 0 radical (unpaired) electrons. The Morgan fingerprint density at radius 3 is 2.52 bits per heavy atom. The molecule has 1 heterocycles. The highest BCUT2D eigenvalue weighted by molar-refractivity contribution is 9.11. The number of methoxy groups -OCH3 is 1. The van der Waals surface area contributed by atoms with Crippen LogP contribution in [-0.4, -0.2) is 22.1 Å². The summed E-state index contributed by atoms with van der Waals surface area (Å²) in [6.07, 6.45) is 0.601. The van der Waals surface area contributed by atoms with Crippen LogP contribution in [0.5, 0.6) is 5.75 Å². The Morgan fingerprint density at radius 2 is 2.00 bits per heavy atom. The first-order valence-electron chi connectivity index (χ1n) is 6.00. The number of thiophene rings is 1. The maximum absolute atomic E-state index is 12.1. The molecule has 1 aromatic carbocycles. The van der Waals surface area contributed by atoms with Crippen LogP contribution in [0.25, 0.3) is 0 Å². The van der Waals surface area contributed by atoms with Gasteiger partial charge in [-0.2, -0.15) is 0 Å². The van der Waals surface area contributed by atoms with Gasteiger partial charge in [-0.1, -0.05) is 23.7 Å². The van der Waals surface area contributed by atoms with Crippen LogP contribution in [0.4, 0.5) is 0 Å². The Morgan fingerprint density at radius 1 is 1.33 bits per heavy atom. The van der Waals surface area contributed by atoms with Gasteiger partial charge in [0.05, 0.1) is 15.9 Å². The summed E-state index contributed by atoms with van der Waals surface area (Å²) in [4.78, 5) is 0. The fourth-order valence-corrected chi connectivity index (χ4v) is 5.13. The fourth-order valence-electron chi connectivity index (χ4n) is 1.65. The molecular weight excluding hydrogens is 398 g/mol. The first-order valence-corrected chi connectivity index (χ1v) is 9.47. The van der Waals surface area contributed by atoms with Gasteiger partial charge in [-0.3, -0.25) is 0 Å². The Kier molecular flexibility index (Phi) is 5.67. The highest BCUT2D eigenvalue weighted by Gasteiger charge is 2.18. The standard InChI is InChI=1S/C13H13BrClNO3S2/c1-19-10-4-2-9(3-5-10)6-7-16-21(17,18)12-8-11(15)13(14)20-12/h2-5,8,16H,6-7H2,1H3. The summed E-state index contributed by atoms with van der Waals surface area (Å²) in [5.74, 6) is 0.775. The Hall–Kier alpha value is -0.600. The predicted octanol–water partition coefficient (Wildman–Crippen LogP) is 3.69. The van der Waals surface area contributed by atoms with E-state index >= 15 is 0 Å². The highest BCUT2D eigenvalue weighted by Crippen LogP contribution is 2.34. The molecule has 0 atom stereocenters. The first kappa shape index (κ1) is 16.8. The second-order valence-corrected chi connectivity index (χ2v) is 8.95. The van der Waals surface area contributed by atoms with Crippen LogP contribution in [0, 0.1) is 0 Å². The van der Waals surface area contributed by atoms with Crippen molar-refractivity contribution in [2.45, 2.75) is 10.6 Å². The molecule has 0 fully saturated rings. The van der Waals surface area contributed by atoms with Crippen LogP contribution in [0.1, 0.15) is 5.56 Å². The van der Waals surface area contributed by atoms with E-state index in [1.54, 1.807) is 7.11 Å². The van der Waals surface area contributed by atoms with Crippen molar-refractivity contribution in [3.63, 3.8) is 0 Å². The number of ether oxygens (including phenoxy) is 1. The SMILES string of the molecule is COc1ccc(CCNS(=O)(=O)c2cc(Cl)c(Br)s2)cc1. The lowest BCUT2D eigenvalue weighted by Gasteiger charge is -2.05. The predicted molar refractivity (Wildman–Crippen MR) is 88.9 cm³/mol. The maximum atomic E-state index is 12.1. The van der Waals surface area contributed by atoms with E-state index in [1.807, 2.05) is 24.3 Å². The zero-order chi connectivity index (χ0) is 15.5. The average molecular weight is 411 g/mol. The van der Waals surface area contributed by atoms with Gasteiger partial charge in [-0.15, -0.1) is 11.3 Å². The van der Waals surface area contributed by atoms with E-state index in [0.717, 1.165) is 22.6 Å². The van der Waals surface area contributed by atoms with Gasteiger partial charge >= 0.3 is 0 Å². The zero-order valence-corrected chi connectivity index (χ0v) is 15.1. The van der Waals surface area contributed by atoms with E-state index in [1.165, 1.54) is 6.07 Å². The van der Waals surface area contributed by atoms with Crippen LogP contribution < -0.4 is 9.46 Å². The Balaban J connectivity index is 1.95. The third kappa shape index (κ3) is 4.43. The van der Waals surface area contributed by atoms with Gasteiger partial charge in [0.2, 0.25) is 10.0 Å². The molecule has 1 N–H and O–H groups in total. The second-order valence-electron chi connectivity index (χ2n) is 4.18. The van der Waals surface area contributed by atoms with E-state index in [4.69, 9.17) is 16.3 Å². The maximum Gasteiger partial charge on any atom is 0.250 e. The number of sulfonamides is 1. The van der Waals surface area contributed by atoms with Crippen LogP contribution in [-0.2, 0) is 16.4 Å². The molecule has 8 heteroatoms. The van der Waals surface area contributed by atoms with Gasteiger partial charge in [0.1, 0.15) is 9.96 Å². The van der Waals surface area contributed by atoms with Gasteiger partial charge in [-0.25, -0.2) is 13.1 Å². The molecule has 0 aliphatic rings. The van der Waals surface area contributed by atoms with Crippen molar-refractivity contribution in [3.05, 3.63) is 44.7 Å². The third-order valence-electron chi connectivity index (χ3n) is 2.75. The summed E-state index contributed by atoms with van der Waals surface area (Å²) in [5, 5.41) is 0.399. The van der Waals surface area contributed by atoms with Crippen molar-refractivity contribution in [2.75, 3.05) is 13.7 Å². The normalized spacial score (nSPS) is 11.6. The molecule has 0 saturated heterocycles. The monoisotopic (exact) mass is 409 g/mol. The third-order valence-corrected chi connectivity index (χ3v) is 7.16. The minimum absolute atomic E-state index is 0.203. The fraction of sp³-hybridized carbons (Fsp3) is 0.231. The summed E-state index contributed by atoms with van der Waals surface area (Å²) >= 11 is 10.2. The van der Waals surface area contributed by atoms with Crippen LogP contribution >= 0.6 is 38.9 Å². The topological polar surface area (TPSA) is 55.4 Å². The molecule has 2 aromatic rings. The molecule has 0 aliphatic carbocycles. The molecule has 4 nitrogen and oxygen atoms in total. The summed E-state index contributed by atoms with van der Waals surface area (Å²) in [5.41, 5.74) is 1.03. The zero-order valence-electron chi connectivity index (χ0n) is 11.1. The smallest absolute Gasteiger partial charge is 0.250 e. The number of nitrogens with one attached hydrogen (secondary N) is 1. The molecule has 1 aromatic heterocycles. The van der Waals surface area contributed by atoms with Crippen molar-refractivity contribution in [1.29, 1.82) is 0 Å². The highest BCUT2D eigenvalue weighted by atomic mass is 79.9. The quantitative estimate of drug-likeness (QED) is 0.790. The number of hydrogen-bond acceptors (Lipinski definition) is 4. The van der Waals surface area contributed by atoms with Crippen molar-refractivity contribution < 1.29 is 13.2 Å². The van der Waals surface area contributed by atoms with Crippen LogP contribution in [0.2, 0.25) is 5.02 Å². The Bertz CT molecular complexity index is 694. The molecule has 0 aliphatic heterocycles. The van der Waals surface area contributed by atoms with Gasteiger partial charge in [-0.05, 0) is 46.1 Å².